The Morgan fingerprint density at radius 3 is 3.06 bits per heavy atom. The molecule has 0 atom stereocenters. The smallest absolute Gasteiger partial charge is 0.363 e. The molecule has 1 aliphatic heterocycles. The number of carbonyl (C=O) groups excluding carboxylic acids is 1. The SMILES string of the molecule is O=C1OC(c2cccs2)=N/C1=C/c1csnn1. The van der Waals surface area contributed by atoms with Gasteiger partial charge in [-0.1, -0.05) is 10.6 Å². The Morgan fingerprint density at radius 2 is 2.35 bits per heavy atom. The number of carbonyl (C=O) groups is 1. The number of hydrogen-bond acceptors (Lipinski definition) is 7. The van der Waals surface area contributed by atoms with Crippen LogP contribution in [0.25, 0.3) is 6.08 Å². The molecule has 17 heavy (non-hydrogen) atoms. The fourth-order valence-electron chi connectivity index (χ4n) is 1.29. The highest BCUT2D eigenvalue weighted by Gasteiger charge is 2.24. The lowest BCUT2D eigenvalue weighted by molar-refractivity contribution is -0.129. The third kappa shape index (κ3) is 2.02. The van der Waals surface area contributed by atoms with Gasteiger partial charge in [-0.2, -0.15) is 0 Å². The van der Waals surface area contributed by atoms with Gasteiger partial charge in [-0.25, -0.2) is 9.79 Å². The Hall–Kier alpha value is -1.86. The van der Waals surface area contributed by atoms with Gasteiger partial charge in [0.05, 0.1) is 4.88 Å². The van der Waals surface area contributed by atoms with E-state index in [1.165, 1.54) is 22.9 Å². The summed E-state index contributed by atoms with van der Waals surface area (Å²) >= 11 is 2.69. The zero-order valence-corrected chi connectivity index (χ0v) is 9.99. The summed E-state index contributed by atoms with van der Waals surface area (Å²) in [6.07, 6.45) is 1.56. The first-order valence-corrected chi connectivity index (χ1v) is 6.38. The van der Waals surface area contributed by atoms with Crippen molar-refractivity contribution in [2.45, 2.75) is 0 Å². The number of rotatable bonds is 2. The molecule has 7 heteroatoms. The van der Waals surface area contributed by atoms with Crippen LogP contribution < -0.4 is 0 Å². The molecule has 1 aliphatic rings. The van der Waals surface area contributed by atoms with E-state index >= 15 is 0 Å². The summed E-state index contributed by atoms with van der Waals surface area (Å²) in [5, 5.41) is 7.46. The molecular formula is C10H5N3O2S2. The quantitative estimate of drug-likeness (QED) is 0.613. The van der Waals surface area contributed by atoms with E-state index < -0.39 is 5.97 Å². The molecule has 2 aromatic rings. The predicted octanol–water partition coefficient (Wildman–Crippen LogP) is 1.94. The third-order valence-corrected chi connectivity index (χ3v) is 3.39. The molecule has 2 aromatic heterocycles. The number of aliphatic imine (C=N–C) groups is 1. The van der Waals surface area contributed by atoms with Gasteiger partial charge in [-0.15, -0.1) is 16.4 Å². The lowest BCUT2D eigenvalue weighted by atomic mass is 10.3. The van der Waals surface area contributed by atoms with Gasteiger partial charge in [-0.05, 0) is 29.1 Å². The van der Waals surface area contributed by atoms with E-state index in [0.29, 0.717) is 11.6 Å². The van der Waals surface area contributed by atoms with Gasteiger partial charge in [0.25, 0.3) is 0 Å². The number of hydrogen-bond donors (Lipinski definition) is 0. The third-order valence-electron chi connectivity index (χ3n) is 2.01. The van der Waals surface area contributed by atoms with E-state index in [-0.39, 0.29) is 5.70 Å². The van der Waals surface area contributed by atoms with Crippen LogP contribution in [-0.2, 0) is 9.53 Å². The van der Waals surface area contributed by atoms with Crippen molar-refractivity contribution in [3.63, 3.8) is 0 Å². The Morgan fingerprint density at radius 1 is 1.41 bits per heavy atom. The van der Waals surface area contributed by atoms with E-state index in [1.54, 1.807) is 11.5 Å². The second-order valence-corrected chi connectivity index (χ2v) is 4.70. The Labute approximate surface area is 104 Å². The van der Waals surface area contributed by atoms with Gasteiger partial charge in [-0.3, -0.25) is 0 Å². The minimum absolute atomic E-state index is 0.251. The molecule has 0 fully saturated rings. The van der Waals surface area contributed by atoms with Gasteiger partial charge >= 0.3 is 5.97 Å². The fourth-order valence-corrected chi connectivity index (χ4v) is 2.35. The maximum atomic E-state index is 11.6. The van der Waals surface area contributed by atoms with Crippen LogP contribution in [0.15, 0.2) is 33.6 Å². The standard InChI is InChI=1S/C10H5N3O2S2/c14-10-7(4-6-5-17-13-12-6)11-9(15-10)8-2-1-3-16-8/h1-5H/b7-4+. The molecule has 5 nitrogen and oxygen atoms in total. The topological polar surface area (TPSA) is 64.4 Å². The van der Waals surface area contributed by atoms with Crippen molar-refractivity contribution in [1.82, 2.24) is 9.59 Å². The summed E-state index contributed by atoms with van der Waals surface area (Å²) in [5.41, 5.74) is 0.860. The average molecular weight is 263 g/mol. The zero-order valence-electron chi connectivity index (χ0n) is 8.36. The van der Waals surface area contributed by atoms with Crippen molar-refractivity contribution in [1.29, 1.82) is 0 Å². The van der Waals surface area contributed by atoms with Crippen LogP contribution in [0, 0.1) is 0 Å². The predicted molar refractivity (Wildman–Crippen MR) is 64.8 cm³/mol. The minimum Gasteiger partial charge on any atom is -0.401 e. The summed E-state index contributed by atoms with van der Waals surface area (Å²) < 4.78 is 8.78. The highest BCUT2D eigenvalue weighted by atomic mass is 32.1. The molecule has 0 spiro atoms. The van der Waals surface area contributed by atoms with Crippen LogP contribution in [-0.4, -0.2) is 21.5 Å². The van der Waals surface area contributed by atoms with Crippen LogP contribution in [0.4, 0.5) is 0 Å². The first-order valence-electron chi connectivity index (χ1n) is 4.66. The van der Waals surface area contributed by atoms with Crippen LogP contribution in [0.2, 0.25) is 0 Å². The molecule has 3 heterocycles. The first-order chi connectivity index (χ1) is 8.33. The molecule has 0 aliphatic carbocycles. The fraction of sp³-hybridized carbons (Fsp3) is 0. The molecular weight excluding hydrogens is 258 g/mol. The molecule has 0 saturated heterocycles. The van der Waals surface area contributed by atoms with Crippen molar-refractivity contribution in [3.8, 4) is 0 Å². The van der Waals surface area contributed by atoms with Crippen molar-refractivity contribution in [2.75, 3.05) is 0 Å². The van der Waals surface area contributed by atoms with E-state index in [0.717, 1.165) is 4.88 Å². The Balaban J connectivity index is 1.95. The minimum atomic E-state index is -0.457. The van der Waals surface area contributed by atoms with Crippen LogP contribution >= 0.6 is 22.9 Å². The first kappa shape index (κ1) is 10.3. The summed E-state index contributed by atoms with van der Waals surface area (Å²) in [7, 11) is 0. The molecule has 0 radical (unpaired) electrons. The van der Waals surface area contributed by atoms with Crippen molar-refractivity contribution in [3.05, 3.63) is 39.2 Å². The van der Waals surface area contributed by atoms with E-state index in [4.69, 9.17) is 4.74 Å². The van der Waals surface area contributed by atoms with Gasteiger partial charge in [0.1, 0.15) is 5.69 Å². The number of aromatic nitrogens is 2. The second kappa shape index (κ2) is 4.19. The molecule has 84 valence electrons. The monoisotopic (exact) mass is 263 g/mol. The molecule has 0 unspecified atom stereocenters. The lowest BCUT2D eigenvalue weighted by Crippen LogP contribution is -2.03. The van der Waals surface area contributed by atoms with Crippen LogP contribution in [0.5, 0.6) is 0 Å². The average Bonchev–Trinajstić information content (AvgIpc) is 3.02. The normalized spacial score (nSPS) is 17.3. The molecule has 0 bridgehead atoms. The van der Waals surface area contributed by atoms with Gasteiger partial charge in [0.2, 0.25) is 5.90 Å². The van der Waals surface area contributed by atoms with Crippen LogP contribution in [0.1, 0.15) is 10.6 Å². The number of ether oxygens (including phenoxy) is 1. The maximum Gasteiger partial charge on any atom is 0.363 e. The van der Waals surface area contributed by atoms with E-state index in [1.807, 2.05) is 17.5 Å². The van der Waals surface area contributed by atoms with E-state index in [2.05, 4.69) is 14.6 Å². The van der Waals surface area contributed by atoms with Gasteiger partial charge < -0.3 is 4.74 Å². The van der Waals surface area contributed by atoms with Crippen molar-refractivity contribution < 1.29 is 9.53 Å². The summed E-state index contributed by atoms with van der Waals surface area (Å²) in [6.45, 7) is 0. The maximum absolute atomic E-state index is 11.6. The lowest BCUT2D eigenvalue weighted by Gasteiger charge is -1.92. The summed E-state index contributed by atoms with van der Waals surface area (Å²) in [6, 6.07) is 3.73. The number of cyclic esters (lactones) is 1. The van der Waals surface area contributed by atoms with Crippen molar-refractivity contribution in [2.24, 2.45) is 4.99 Å². The second-order valence-electron chi connectivity index (χ2n) is 3.14. The van der Waals surface area contributed by atoms with Gasteiger partial charge in [0, 0.05) is 5.38 Å². The molecule has 0 N–H and O–H groups in total. The Kier molecular flexibility index (Phi) is 2.54. The van der Waals surface area contributed by atoms with Crippen molar-refractivity contribution >= 4 is 40.8 Å². The highest BCUT2D eigenvalue weighted by Crippen LogP contribution is 2.21. The Bertz CT molecular complexity index is 600. The zero-order chi connectivity index (χ0) is 11.7. The highest BCUT2D eigenvalue weighted by molar-refractivity contribution is 7.12. The number of esters is 1. The molecule has 0 saturated carbocycles. The van der Waals surface area contributed by atoms with Gasteiger partial charge in [0.15, 0.2) is 5.70 Å². The summed E-state index contributed by atoms with van der Waals surface area (Å²) in [4.78, 5) is 16.5. The molecule has 3 rings (SSSR count). The van der Waals surface area contributed by atoms with E-state index in [9.17, 15) is 4.79 Å². The number of nitrogens with zero attached hydrogens (tertiary/aromatic N) is 3. The molecule has 0 aromatic carbocycles. The molecule has 0 amide bonds. The summed E-state index contributed by atoms with van der Waals surface area (Å²) in [5.74, 6) is -0.110. The number of thiophene rings is 1. The largest absolute Gasteiger partial charge is 0.401 e. The van der Waals surface area contributed by atoms with Crippen LogP contribution in [0.3, 0.4) is 0 Å².